The van der Waals surface area contributed by atoms with E-state index in [0.717, 1.165) is 32.7 Å². The molecule has 1 fully saturated rings. The van der Waals surface area contributed by atoms with Crippen molar-refractivity contribution in [2.24, 2.45) is 5.92 Å². The molecule has 2 aromatic rings. The Hall–Kier alpha value is -2.19. The van der Waals surface area contributed by atoms with Crippen LogP contribution in [0.3, 0.4) is 0 Å². The molecular weight excluding hydrogens is 334 g/mol. The van der Waals surface area contributed by atoms with E-state index in [4.69, 9.17) is 4.74 Å². The van der Waals surface area contributed by atoms with E-state index in [2.05, 4.69) is 29.2 Å². The third-order valence-corrected chi connectivity index (χ3v) is 4.62. The fraction of sp³-hybridized carbons (Fsp3) is 0.611. The van der Waals surface area contributed by atoms with Gasteiger partial charge in [0.15, 0.2) is 5.65 Å². The molecule has 0 spiro atoms. The van der Waals surface area contributed by atoms with E-state index < -0.39 is 0 Å². The van der Waals surface area contributed by atoms with Crippen LogP contribution in [0.15, 0.2) is 29.2 Å². The molecule has 8 nitrogen and oxygen atoms in total. The van der Waals surface area contributed by atoms with Crippen LogP contribution in [-0.2, 0) is 16.1 Å². The van der Waals surface area contributed by atoms with Crippen molar-refractivity contribution >= 4 is 11.6 Å². The largest absolute Gasteiger partial charge is 0.379 e. The zero-order valence-corrected chi connectivity index (χ0v) is 15.4. The summed E-state index contributed by atoms with van der Waals surface area (Å²) in [6, 6.07) is 5.60. The van der Waals surface area contributed by atoms with Crippen LogP contribution < -0.4 is 11.0 Å². The van der Waals surface area contributed by atoms with Crippen LogP contribution in [0.25, 0.3) is 5.65 Å². The van der Waals surface area contributed by atoms with Crippen LogP contribution in [-0.4, -0.2) is 63.9 Å². The van der Waals surface area contributed by atoms with Crippen LogP contribution in [0.2, 0.25) is 0 Å². The Balaban J connectivity index is 1.60. The first-order valence-corrected chi connectivity index (χ1v) is 9.17. The highest BCUT2D eigenvalue weighted by Gasteiger charge is 2.22. The Morgan fingerprint density at radius 2 is 2.08 bits per heavy atom. The number of morpholine rings is 1. The van der Waals surface area contributed by atoms with Crippen molar-refractivity contribution in [2.75, 3.05) is 32.8 Å². The SMILES string of the molecule is CC(C)CC(CNC(=O)Cn1nc2ccccn2c1=O)N1CCOCC1. The van der Waals surface area contributed by atoms with E-state index >= 15 is 0 Å². The fourth-order valence-electron chi connectivity index (χ4n) is 3.34. The highest BCUT2D eigenvalue weighted by molar-refractivity contribution is 5.75. The average molecular weight is 361 g/mol. The third-order valence-electron chi connectivity index (χ3n) is 4.62. The number of nitrogens with zero attached hydrogens (tertiary/aromatic N) is 4. The fourth-order valence-corrected chi connectivity index (χ4v) is 3.34. The summed E-state index contributed by atoms with van der Waals surface area (Å²) in [5.41, 5.74) is 0.235. The molecule has 142 valence electrons. The van der Waals surface area contributed by atoms with E-state index in [1.807, 2.05) is 6.07 Å². The topological polar surface area (TPSA) is 80.9 Å². The molecule has 2 aromatic heterocycles. The maximum absolute atomic E-state index is 12.4. The highest BCUT2D eigenvalue weighted by Crippen LogP contribution is 2.13. The number of carbonyl (C=O) groups excluding carboxylic acids is 1. The summed E-state index contributed by atoms with van der Waals surface area (Å²) in [5.74, 6) is 0.346. The van der Waals surface area contributed by atoms with E-state index in [1.165, 1.54) is 9.08 Å². The van der Waals surface area contributed by atoms with Crippen LogP contribution >= 0.6 is 0 Å². The van der Waals surface area contributed by atoms with Crippen molar-refractivity contribution in [3.63, 3.8) is 0 Å². The Morgan fingerprint density at radius 3 is 2.77 bits per heavy atom. The number of carbonyl (C=O) groups is 1. The van der Waals surface area contributed by atoms with Gasteiger partial charge in [0.25, 0.3) is 0 Å². The van der Waals surface area contributed by atoms with E-state index in [9.17, 15) is 9.59 Å². The van der Waals surface area contributed by atoms with Crippen LogP contribution in [0, 0.1) is 5.92 Å². The minimum Gasteiger partial charge on any atom is -0.379 e. The van der Waals surface area contributed by atoms with Crippen molar-refractivity contribution in [3.8, 4) is 0 Å². The van der Waals surface area contributed by atoms with Gasteiger partial charge in [-0.2, -0.15) is 0 Å². The Bertz CT molecular complexity index is 791. The molecule has 8 heteroatoms. The van der Waals surface area contributed by atoms with Gasteiger partial charge in [0.1, 0.15) is 6.54 Å². The highest BCUT2D eigenvalue weighted by atomic mass is 16.5. The first-order valence-electron chi connectivity index (χ1n) is 9.17. The van der Waals surface area contributed by atoms with Gasteiger partial charge in [-0.05, 0) is 24.5 Å². The second-order valence-corrected chi connectivity index (χ2v) is 7.10. The molecule has 1 N–H and O–H groups in total. The molecular formula is C18H27N5O3. The summed E-state index contributed by atoms with van der Waals surface area (Å²) >= 11 is 0. The van der Waals surface area contributed by atoms with Gasteiger partial charge in [-0.15, -0.1) is 5.10 Å². The number of hydrogen-bond donors (Lipinski definition) is 1. The number of fused-ring (bicyclic) bond motifs is 1. The number of hydrogen-bond acceptors (Lipinski definition) is 5. The number of ether oxygens (including phenoxy) is 1. The number of amides is 1. The maximum Gasteiger partial charge on any atom is 0.350 e. The van der Waals surface area contributed by atoms with Crippen molar-refractivity contribution < 1.29 is 9.53 Å². The first kappa shape index (κ1) is 18.6. The maximum atomic E-state index is 12.4. The summed E-state index contributed by atoms with van der Waals surface area (Å²) in [7, 11) is 0. The Labute approximate surface area is 152 Å². The molecule has 3 heterocycles. The molecule has 3 rings (SSSR count). The molecule has 1 aliphatic heterocycles. The van der Waals surface area contributed by atoms with Crippen molar-refractivity contribution in [3.05, 3.63) is 34.9 Å². The molecule has 1 unspecified atom stereocenters. The van der Waals surface area contributed by atoms with E-state index in [0.29, 0.717) is 18.1 Å². The number of pyridine rings is 1. The predicted octanol–water partition coefficient (Wildman–Crippen LogP) is 0.359. The van der Waals surface area contributed by atoms with Gasteiger partial charge in [-0.3, -0.25) is 14.1 Å². The minimum atomic E-state index is -0.303. The van der Waals surface area contributed by atoms with E-state index in [1.54, 1.807) is 18.3 Å². The van der Waals surface area contributed by atoms with Crippen LogP contribution in [0.1, 0.15) is 20.3 Å². The van der Waals surface area contributed by atoms with Gasteiger partial charge in [0.05, 0.1) is 13.2 Å². The molecule has 1 saturated heterocycles. The van der Waals surface area contributed by atoms with Crippen LogP contribution in [0.4, 0.5) is 0 Å². The minimum absolute atomic E-state index is 0.0714. The summed E-state index contributed by atoms with van der Waals surface area (Å²) in [4.78, 5) is 27.0. The van der Waals surface area contributed by atoms with Crippen molar-refractivity contribution in [1.82, 2.24) is 24.4 Å². The van der Waals surface area contributed by atoms with Crippen molar-refractivity contribution in [1.29, 1.82) is 0 Å². The smallest absolute Gasteiger partial charge is 0.350 e. The lowest BCUT2D eigenvalue weighted by Gasteiger charge is -2.35. The lowest BCUT2D eigenvalue weighted by molar-refractivity contribution is -0.122. The zero-order valence-electron chi connectivity index (χ0n) is 15.4. The number of rotatable bonds is 7. The zero-order chi connectivity index (χ0) is 18.5. The molecule has 0 radical (unpaired) electrons. The van der Waals surface area contributed by atoms with Gasteiger partial charge in [0.2, 0.25) is 5.91 Å². The van der Waals surface area contributed by atoms with Crippen LogP contribution in [0.5, 0.6) is 0 Å². The molecule has 0 aliphatic carbocycles. The Kier molecular flexibility index (Phi) is 6.05. The summed E-state index contributed by atoms with van der Waals surface area (Å²) < 4.78 is 8.06. The van der Waals surface area contributed by atoms with Gasteiger partial charge in [-0.1, -0.05) is 19.9 Å². The van der Waals surface area contributed by atoms with Crippen molar-refractivity contribution in [2.45, 2.75) is 32.9 Å². The van der Waals surface area contributed by atoms with Gasteiger partial charge in [0, 0.05) is 31.9 Å². The molecule has 1 aliphatic rings. The number of aromatic nitrogens is 3. The third kappa shape index (κ3) is 4.50. The normalized spacial score (nSPS) is 16.9. The monoisotopic (exact) mass is 361 g/mol. The van der Waals surface area contributed by atoms with Gasteiger partial charge < -0.3 is 10.1 Å². The predicted molar refractivity (Wildman–Crippen MR) is 98.1 cm³/mol. The number of nitrogens with one attached hydrogen (secondary N) is 1. The van der Waals surface area contributed by atoms with E-state index in [-0.39, 0.29) is 24.2 Å². The first-order chi connectivity index (χ1) is 12.5. The molecule has 26 heavy (non-hydrogen) atoms. The quantitative estimate of drug-likeness (QED) is 0.770. The second-order valence-electron chi connectivity index (χ2n) is 7.10. The van der Waals surface area contributed by atoms with Gasteiger partial charge in [-0.25, -0.2) is 9.48 Å². The molecule has 1 amide bonds. The molecule has 1 atom stereocenters. The molecule has 0 bridgehead atoms. The molecule has 0 saturated carbocycles. The summed E-state index contributed by atoms with van der Waals surface area (Å²) in [5, 5.41) is 7.17. The lowest BCUT2D eigenvalue weighted by atomic mass is 10.0. The summed E-state index contributed by atoms with van der Waals surface area (Å²) in [6.45, 7) is 8.12. The molecule has 0 aromatic carbocycles. The standard InChI is InChI=1S/C18H27N5O3/c1-14(2)11-15(21-7-9-26-10-8-21)12-19-17(24)13-23-18(25)22-6-4-3-5-16(22)20-23/h3-6,14-15H,7-13H2,1-2H3,(H,19,24). The summed E-state index contributed by atoms with van der Waals surface area (Å²) in [6.07, 6.45) is 2.66. The Morgan fingerprint density at radius 1 is 1.31 bits per heavy atom. The second kappa shape index (κ2) is 8.46. The lowest BCUT2D eigenvalue weighted by Crippen LogP contribution is -2.49. The average Bonchev–Trinajstić information content (AvgIpc) is 2.95. The van der Waals surface area contributed by atoms with Gasteiger partial charge >= 0.3 is 5.69 Å².